The lowest BCUT2D eigenvalue weighted by atomic mass is 10.0. The van der Waals surface area contributed by atoms with Crippen LogP contribution in [0.1, 0.15) is 22.8 Å². The van der Waals surface area contributed by atoms with Gasteiger partial charge in [0.05, 0.1) is 0 Å². The Morgan fingerprint density at radius 1 is 0.818 bits per heavy atom. The summed E-state index contributed by atoms with van der Waals surface area (Å²) in [6.45, 7) is 0.481. The molecule has 0 unspecified atom stereocenters. The fraction of sp³-hybridized carbons (Fsp3) is 0.105. The maximum absolute atomic E-state index is 10.3. The van der Waals surface area contributed by atoms with Crippen LogP contribution in [0.5, 0.6) is 5.88 Å². The molecule has 0 saturated carbocycles. The standard InChI is InChI=1S/C19H17NO2/c21-19(16-9-5-2-6-10-16)17-11-12-18(20-13-17)22-14-15-7-3-1-4-8-15/h1-13,19,21H,14H2/t19-/m1/s1. The van der Waals surface area contributed by atoms with Gasteiger partial charge in [0.15, 0.2) is 0 Å². The van der Waals surface area contributed by atoms with Crippen LogP contribution in [-0.4, -0.2) is 10.1 Å². The maximum atomic E-state index is 10.3. The molecule has 0 bridgehead atoms. The van der Waals surface area contributed by atoms with Gasteiger partial charge in [-0.15, -0.1) is 0 Å². The Morgan fingerprint density at radius 3 is 2.14 bits per heavy atom. The van der Waals surface area contributed by atoms with E-state index in [1.165, 1.54) is 0 Å². The van der Waals surface area contributed by atoms with E-state index in [2.05, 4.69) is 4.98 Å². The van der Waals surface area contributed by atoms with Gasteiger partial charge in [-0.05, 0) is 17.2 Å². The van der Waals surface area contributed by atoms with Crippen molar-refractivity contribution in [3.8, 4) is 5.88 Å². The molecule has 1 aromatic heterocycles. The van der Waals surface area contributed by atoms with Crippen LogP contribution in [0.3, 0.4) is 0 Å². The Kier molecular flexibility index (Phi) is 4.47. The van der Waals surface area contributed by atoms with Crippen molar-refractivity contribution in [2.45, 2.75) is 12.7 Å². The van der Waals surface area contributed by atoms with E-state index in [0.29, 0.717) is 12.5 Å². The molecule has 110 valence electrons. The number of pyridine rings is 1. The molecule has 1 atom stereocenters. The molecule has 0 amide bonds. The third-order valence-corrected chi connectivity index (χ3v) is 3.42. The van der Waals surface area contributed by atoms with E-state index in [-0.39, 0.29) is 0 Å². The van der Waals surface area contributed by atoms with E-state index in [1.807, 2.05) is 66.7 Å². The minimum Gasteiger partial charge on any atom is -0.473 e. The molecule has 3 nitrogen and oxygen atoms in total. The molecule has 0 radical (unpaired) electrons. The summed E-state index contributed by atoms with van der Waals surface area (Å²) in [4.78, 5) is 4.26. The molecule has 2 aromatic carbocycles. The molecule has 0 aliphatic heterocycles. The summed E-state index contributed by atoms with van der Waals surface area (Å²) >= 11 is 0. The van der Waals surface area contributed by atoms with E-state index in [4.69, 9.17) is 4.74 Å². The Hall–Kier alpha value is -2.65. The first-order valence-corrected chi connectivity index (χ1v) is 7.18. The molecule has 1 N–H and O–H groups in total. The second-order valence-electron chi connectivity index (χ2n) is 5.02. The molecular formula is C19H17NO2. The third-order valence-electron chi connectivity index (χ3n) is 3.42. The lowest BCUT2D eigenvalue weighted by Gasteiger charge is -2.11. The monoisotopic (exact) mass is 291 g/mol. The molecule has 0 saturated heterocycles. The van der Waals surface area contributed by atoms with Gasteiger partial charge >= 0.3 is 0 Å². The van der Waals surface area contributed by atoms with Crippen molar-refractivity contribution in [2.24, 2.45) is 0 Å². The van der Waals surface area contributed by atoms with Crippen molar-refractivity contribution in [2.75, 3.05) is 0 Å². The van der Waals surface area contributed by atoms with E-state index in [9.17, 15) is 5.11 Å². The van der Waals surface area contributed by atoms with Crippen LogP contribution in [0.4, 0.5) is 0 Å². The zero-order valence-electron chi connectivity index (χ0n) is 12.1. The van der Waals surface area contributed by atoms with E-state index in [0.717, 1.165) is 16.7 Å². The Morgan fingerprint density at radius 2 is 1.50 bits per heavy atom. The minimum atomic E-state index is -0.670. The lowest BCUT2D eigenvalue weighted by Crippen LogP contribution is -2.01. The second-order valence-corrected chi connectivity index (χ2v) is 5.02. The van der Waals surface area contributed by atoms with Crippen molar-refractivity contribution in [1.82, 2.24) is 4.98 Å². The van der Waals surface area contributed by atoms with Gasteiger partial charge < -0.3 is 9.84 Å². The number of aliphatic hydroxyl groups is 1. The molecule has 0 fully saturated rings. The average molecular weight is 291 g/mol. The zero-order valence-corrected chi connectivity index (χ0v) is 12.1. The molecule has 0 aliphatic carbocycles. The quantitative estimate of drug-likeness (QED) is 0.778. The van der Waals surface area contributed by atoms with E-state index in [1.54, 1.807) is 12.3 Å². The van der Waals surface area contributed by atoms with Gasteiger partial charge in [-0.25, -0.2) is 4.98 Å². The summed E-state index contributed by atoms with van der Waals surface area (Å²) < 4.78 is 5.64. The van der Waals surface area contributed by atoms with Gasteiger partial charge in [-0.3, -0.25) is 0 Å². The summed E-state index contributed by atoms with van der Waals surface area (Å²) in [5.74, 6) is 0.549. The first kappa shape index (κ1) is 14.3. The molecule has 3 rings (SSSR count). The number of rotatable bonds is 5. The molecule has 0 spiro atoms. The first-order valence-electron chi connectivity index (χ1n) is 7.18. The highest BCUT2D eigenvalue weighted by molar-refractivity contribution is 5.29. The summed E-state index contributed by atoms with van der Waals surface area (Å²) in [6.07, 6.45) is 0.981. The van der Waals surface area contributed by atoms with Gasteiger partial charge in [0.2, 0.25) is 5.88 Å². The van der Waals surface area contributed by atoms with E-state index >= 15 is 0 Å². The van der Waals surface area contributed by atoms with Crippen molar-refractivity contribution < 1.29 is 9.84 Å². The first-order chi connectivity index (χ1) is 10.8. The smallest absolute Gasteiger partial charge is 0.213 e. The number of ether oxygens (including phenoxy) is 1. The molecular weight excluding hydrogens is 274 g/mol. The SMILES string of the molecule is O[C@H](c1ccccc1)c1ccc(OCc2ccccc2)nc1. The van der Waals surface area contributed by atoms with Crippen LogP contribution < -0.4 is 4.74 Å². The predicted octanol–water partition coefficient (Wildman–Crippen LogP) is 3.74. The third kappa shape index (κ3) is 3.51. The Labute approximate surface area is 129 Å². The minimum absolute atomic E-state index is 0.481. The summed E-state index contributed by atoms with van der Waals surface area (Å²) in [5.41, 5.74) is 2.69. The van der Waals surface area contributed by atoms with Crippen LogP contribution in [-0.2, 0) is 6.61 Å². The van der Waals surface area contributed by atoms with Gasteiger partial charge in [-0.2, -0.15) is 0 Å². The fourth-order valence-electron chi connectivity index (χ4n) is 2.20. The topological polar surface area (TPSA) is 42.4 Å². The number of benzene rings is 2. The predicted molar refractivity (Wildman–Crippen MR) is 85.5 cm³/mol. The van der Waals surface area contributed by atoms with Crippen LogP contribution in [0, 0.1) is 0 Å². The summed E-state index contributed by atoms with van der Waals surface area (Å²) in [7, 11) is 0. The van der Waals surface area contributed by atoms with Crippen molar-refractivity contribution >= 4 is 0 Å². The molecule has 3 heteroatoms. The highest BCUT2D eigenvalue weighted by atomic mass is 16.5. The largest absolute Gasteiger partial charge is 0.473 e. The highest BCUT2D eigenvalue weighted by Gasteiger charge is 2.10. The lowest BCUT2D eigenvalue weighted by molar-refractivity contribution is 0.219. The molecule has 1 heterocycles. The van der Waals surface area contributed by atoms with Crippen molar-refractivity contribution in [1.29, 1.82) is 0 Å². The number of aliphatic hydroxyl groups excluding tert-OH is 1. The second kappa shape index (κ2) is 6.87. The molecule has 0 aliphatic rings. The number of hydrogen-bond acceptors (Lipinski definition) is 3. The highest BCUT2D eigenvalue weighted by Crippen LogP contribution is 2.22. The van der Waals surface area contributed by atoms with Gasteiger partial charge in [0, 0.05) is 17.8 Å². The van der Waals surface area contributed by atoms with Gasteiger partial charge in [0.1, 0.15) is 12.7 Å². The van der Waals surface area contributed by atoms with Crippen LogP contribution in [0.25, 0.3) is 0 Å². The van der Waals surface area contributed by atoms with Crippen LogP contribution in [0.2, 0.25) is 0 Å². The number of hydrogen-bond donors (Lipinski definition) is 1. The average Bonchev–Trinajstić information content (AvgIpc) is 2.61. The Bertz CT molecular complexity index is 697. The fourth-order valence-corrected chi connectivity index (χ4v) is 2.20. The van der Waals surface area contributed by atoms with Gasteiger partial charge in [0.25, 0.3) is 0 Å². The van der Waals surface area contributed by atoms with E-state index < -0.39 is 6.10 Å². The van der Waals surface area contributed by atoms with Crippen LogP contribution in [0.15, 0.2) is 79.0 Å². The normalized spacial score (nSPS) is 11.9. The van der Waals surface area contributed by atoms with Crippen molar-refractivity contribution in [3.63, 3.8) is 0 Å². The summed E-state index contributed by atoms with van der Waals surface area (Å²) in [6, 6.07) is 23.1. The molecule has 22 heavy (non-hydrogen) atoms. The molecule has 3 aromatic rings. The zero-order chi connectivity index (χ0) is 15.2. The number of aromatic nitrogens is 1. The Balaban J connectivity index is 1.65. The maximum Gasteiger partial charge on any atom is 0.213 e. The number of nitrogens with zero attached hydrogens (tertiary/aromatic N) is 1. The summed E-state index contributed by atoms with van der Waals surface area (Å²) in [5, 5.41) is 10.3. The van der Waals surface area contributed by atoms with Gasteiger partial charge in [-0.1, -0.05) is 60.7 Å². The van der Waals surface area contributed by atoms with Crippen LogP contribution >= 0.6 is 0 Å². The van der Waals surface area contributed by atoms with Crippen molar-refractivity contribution in [3.05, 3.63) is 95.7 Å².